The van der Waals surface area contributed by atoms with Gasteiger partial charge in [-0.3, -0.25) is 0 Å². The first kappa shape index (κ1) is 13.4. The Morgan fingerprint density at radius 2 is 1.95 bits per heavy atom. The van der Waals surface area contributed by atoms with E-state index < -0.39 is 0 Å². The lowest BCUT2D eigenvalue weighted by molar-refractivity contribution is 0.865. The summed E-state index contributed by atoms with van der Waals surface area (Å²) < 4.78 is 2.10. The number of allylic oxidation sites excluding steroid dienone is 1. The summed E-state index contributed by atoms with van der Waals surface area (Å²) >= 11 is 0. The second-order valence-corrected chi connectivity index (χ2v) is 5.03. The van der Waals surface area contributed by atoms with Crippen LogP contribution in [-0.4, -0.2) is 14.5 Å². The molecule has 0 unspecified atom stereocenters. The molecule has 3 aromatic rings. The molecule has 3 rings (SSSR count). The fourth-order valence-electron chi connectivity index (χ4n) is 2.32. The predicted molar refractivity (Wildman–Crippen MR) is 87.1 cm³/mol. The topological polar surface area (TPSA) is 42.7 Å². The van der Waals surface area contributed by atoms with Crippen molar-refractivity contribution in [2.24, 2.45) is 7.05 Å². The van der Waals surface area contributed by atoms with Gasteiger partial charge in [0, 0.05) is 24.2 Å². The molecule has 1 N–H and O–H groups in total. The van der Waals surface area contributed by atoms with Crippen molar-refractivity contribution in [3.63, 3.8) is 0 Å². The van der Waals surface area contributed by atoms with E-state index in [1.54, 1.807) is 0 Å². The van der Waals surface area contributed by atoms with E-state index in [2.05, 4.69) is 44.1 Å². The molecule has 0 saturated carbocycles. The van der Waals surface area contributed by atoms with Gasteiger partial charge in [0.1, 0.15) is 11.6 Å². The van der Waals surface area contributed by atoms with Gasteiger partial charge in [-0.25, -0.2) is 9.97 Å². The minimum absolute atomic E-state index is 0.846. The summed E-state index contributed by atoms with van der Waals surface area (Å²) in [6.07, 6.45) is 7.62. The van der Waals surface area contributed by atoms with Crippen LogP contribution < -0.4 is 5.32 Å². The van der Waals surface area contributed by atoms with Crippen LogP contribution in [0.25, 0.3) is 22.0 Å². The van der Waals surface area contributed by atoms with Crippen LogP contribution in [0.3, 0.4) is 0 Å². The Kier molecular flexibility index (Phi) is 3.44. The molecule has 0 spiro atoms. The summed E-state index contributed by atoms with van der Waals surface area (Å²) in [5.74, 6) is 1.86. The van der Waals surface area contributed by atoms with Crippen molar-refractivity contribution in [3.8, 4) is 11.3 Å². The number of hydrogen-bond donors (Lipinski definition) is 1. The molecule has 0 aliphatic carbocycles. The molecule has 0 fully saturated rings. The Morgan fingerprint density at radius 1 is 1.10 bits per heavy atom. The van der Waals surface area contributed by atoms with E-state index in [0.717, 1.165) is 33.7 Å². The number of rotatable bonds is 3. The van der Waals surface area contributed by atoms with Gasteiger partial charge in [0.2, 0.25) is 0 Å². The smallest absolute Gasteiger partial charge is 0.130 e. The van der Waals surface area contributed by atoms with Crippen LogP contribution in [0.1, 0.15) is 12.7 Å². The minimum Gasteiger partial charge on any atom is -0.347 e. The van der Waals surface area contributed by atoms with Crippen LogP contribution >= 0.6 is 0 Å². The van der Waals surface area contributed by atoms with E-state index in [0.29, 0.717) is 0 Å². The third kappa shape index (κ3) is 2.52. The molecule has 2 heterocycles. The molecule has 0 atom stereocenters. The maximum atomic E-state index is 4.39. The van der Waals surface area contributed by atoms with Crippen molar-refractivity contribution in [1.29, 1.82) is 0 Å². The number of aromatic nitrogens is 3. The lowest BCUT2D eigenvalue weighted by Gasteiger charge is -2.07. The molecule has 0 amide bonds. The van der Waals surface area contributed by atoms with Crippen LogP contribution in [0.4, 0.5) is 5.82 Å². The summed E-state index contributed by atoms with van der Waals surface area (Å²) in [4.78, 5) is 8.75. The molecule has 4 heteroatoms. The zero-order valence-electron chi connectivity index (χ0n) is 12.5. The SMILES string of the molecule is C/C=C/Nc1cc2cc(-c3cnc(C)n3C)ccc2cn1. The van der Waals surface area contributed by atoms with Crippen LogP contribution in [0.15, 0.2) is 48.9 Å². The molecular weight excluding hydrogens is 260 g/mol. The third-order valence-corrected chi connectivity index (χ3v) is 3.64. The molecule has 0 aliphatic rings. The van der Waals surface area contributed by atoms with Crippen molar-refractivity contribution in [1.82, 2.24) is 14.5 Å². The summed E-state index contributed by atoms with van der Waals surface area (Å²) in [5, 5.41) is 5.44. The van der Waals surface area contributed by atoms with Gasteiger partial charge in [-0.2, -0.15) is 0 Å². The molecule has 0 radical (unpaired) electrons. The molecule has 4 nitrogen and oxygen atoms in total. The number of hydrogen-bond acceptors (Lipinski definition) is 3. The molecule has 106 valence electrons. The van der Waals surface area contributed by atoms with Gasteiger partial charge in [0.25, 0.3) is 0 Å². The fourth-order valence-corrected chi connectivity index (χ4v) is 2.32. The van der Waals surface area contributed by atoms with Crippen molar-refractivity contribution in [2.45, 2.75) is 13.8 Å². The van der Waals surface area contributed by atoms with Gasteiger partial charge in [0.05, 0.1) is 11.9 Å². The Hall–Kier alpha value is -2.62. The Morgan fingerprint density at radius 3 is 2.67 bits per heavy atom. The number of anilines is 1. The highest BCUT2D eigenvalue weighted by Crippen LogP contribution is 2.25. The van der Waals surface area contributed by atoms with Gasteiger partial charge < -0.3 is 9.88 Å². The predicted octanol–water partition coefficient (Wildman–Crippen LogP) is 3.89. The molecule has 21 heavy (non-hydrogen) atoms. The highest BCUT2D eigenvalue weighted by Gasteiger charge is 2.06. The second-order valence-electron chi connectivity index (χ2n) is 5.03. The van der Waals surface area contributed by atoms with E-state index >= 15 is 0 Å². The van der Waals surface area contributed by atoms with Gasteiger partial charge in [-0.05, 0) is 37.6 Å². The second kappa shape index (κ2) is 5.40. The standard InChI is InChI=1S/C17H18N4/c1-4-7-18-17-9-15-8-13(5-6-14(15)10-20-17)16-11-19-12(2)21(16)3/h4-11H,1-3H3,(H,18,20)/b7-4+. The summed E-state index contributed by atoms with van der Waals surface area (Å²) in [6.45, 7) is 3.98. The Balaban J connectivity index is 2.07. The number of imidazole rings is 1. The largest absolute Gasteiger partial charge is 0.347 e. The fraction of sp³-hybridized carbons (Fsp3) is 0.176. The van der Waals surface area contributed by atoms with E-state index in [-0.39, 0.29) is 0 Å². The summed E-state index contributed by atoms with van der Waals surface area (Å²) in [6, 6.07) is 8.44. The van der Waals surface area contributed by atoms with Crippen LogP contribution in [0.2, 0.25) is 0 Å². The molecule has 0 bridgehead atoms. The minimum atomic E-state index is 0.846. The van der Waals surface area contributed by atoms with Crippen LogP contribution in [0, 0.1) is 6.92 Å². The van der Waals surface area contributed by atoms with E-state index in [1.807, 2.05) is 45.6 Å². The summed E-state index contributed by atoms with van der Waals surface area (Å²) in [7, 11) is 2.04. The highest BCUT2D eigenvalue weighted by molar-refractivity contribution is 5.88. The van der Waals surface area contributed by atoms with Gasteiger partial charge in [-0.1, -0.05) is 18.2 Å². The Labute approximate surface area is 124 Å². The first-order chi connectivity index (χ1) is 10.2. The zero-order chi connectivity index (χ0) is 14.8. The maximum absolute atomic E-state index is 4.39. The number of nitrogens with zero attached hydrogens (tertiary/aromatic N) is 3. The number of benzene rings is 1. The average molecular weight is 278 g/mol. The molecule has 1 aromatic carbocycles. The molecule has 2 aromatic heterocycles. The normalized spacial score (nSPS) is 11.4. The van der Waals surface area contributed by atoms with E-state index in [9.17, 15) is 0 Å². The molecular formula is C17H18N4. The average Bonchev–Trinajstić information content (AvgIpc) is 2.84. The first-order valence-corrected chi connectivity index (χ1v) is 6.95. The molecule has 0 aliphatic heterocycles. The van der Waals surface area contributed by atoms with Gasteiger partial charge in [-0.15, -0.1) is 0 Å². The van der Waals surface area contributed by atoms with Crippen molar-refractivity contribution in [3.05, 3.63) is 54.8 Å². The van der Waals surface area contributed by atoms with Gasteiger partial charge >= 0.3 is 0 Å². The van der Waals surface area contributed by atoms with E-state index in [4.69, 9.17) is 0 Å². The quantitative estimate of drug-likeness (QED) is 0.790. The lowest BCUT2D eigenvalue weighted by atomic mass is 10.1. The highest BCUT2D eigenvalue weighted by atomic mass is 15.0. The van der Waals surface area contributed by atoms with Crippen molar-refractivity contribution >= 4 is 16.6 Å². The van der Waals surface area contributed by atoms with E-state index in [1.165, 1.54) is 0 Å². The van der Waals surface area contributed by atoms with Crippen molar-refractivity contribution < 1.29 is 0 Å². The number of aryl methyl sites for hydroxylation is 1. The lowest BCUT2D eigenvalue weighted by Crippen LogP contribution is -1.94. The van der Waals surface area contributed by atoms with Crippen LogP contribution in [0.5, 0.6) is 0 Å². The number of pyridine rings is 1. The third-order valence-electron chi connectivity index (χ3n) is 3.64. The Bertz CT molecular complexity index is 815. The number of fused-ring (bicyclic) bond motifs is 1. The van der Waals surface area contributed by atoms with Crippen LogP contribution in [-0.2, 0) is 7.05 Å². The maximum Gasteiger partial charge on any atom is 0.130 e. The van der Waals surface area contributed by atoms with Crippen molar-refractivity contribution in [2.75, 3.05) is 5.32 Å². The number of nitrogens with one attached hydrogen (secondary N) is 1. The first-order valence-electron chi connectivity index (χ1n) is 6.95. The monoisotopic (exact) mass is 278 g/mol. The molecule has 0 saturated heterocycles. The summed E-state index contributed by atoms with van der Waals surface area (Å²) in [5.41, 5.74) is 2.28. The van der Waals surface area contributed by atoms with Gasteiger partial charge in [0.15, 0.2) is 0 Å². The zero-order valence-corrected chi connectivity index (χ0v) is 12.5.